The Morgan fingerprint density at radius 3 is 2.50 bits per heavy atom. The highest BCUT2D eigenvalue weighted by Crippen LogP contribution is 2.23. The lowest BCUT2D eigenvalue weighted by molar-refractivity contribution is 0.528. The lowest BCUT2D eigenvalue weighted by Gasteiger charge is -2.18. The van der Waals surface area contributed by atoms with Crippen LogP contribution in [-0.4, -0.2) is 6.04 Å². The Morgan fingerprint density at radius 1 is 1.19 bits per heavy atom. The minimum atomic E-state index is 0.478. The standard InChI is InChI=1S/C14H24N2/c1-10(2)8-9-12(4)16-13-7-5-6-11(3)14(13)15/h5-7,10,12,16H,8-9,15H2,1-4H3. The summed E-state index contributed by atoms with van der Waals surface area (Å²) in [6.07, 6.45) is 2.44. The number of nitrogens with two attached hydrogens (primary N) is 1. The van der Waals surface area contributed by atoms with Gasteiger partial charge in [-0.15, -0.1) is 0 Å². The number of nitrogen functional groups attached to an aromatic ring is 1. The van der Waals surface area contributed by atoms with Crippen molar-refractivity contribution in [2.24, 2.45) is 5.92 Å². The molecular weight excluding hydrogens is 196 g/mol. The van der Waals surface area contributed by atoms with Crippen molar-refractivity contribution in [1.82, 2.24) is 0 Å². The van der Waals surface area contributed by atoms with E-state index in [2.05, 4.69) is 26.1 Å². The minimum absolute atomic E-state index is 0.478. The monoisotopic (exact) mass is 220 g/mol. The summed E-state index contributed by atoms with van der Waals surface area (Å²) in [5.74, 6) is 0.763. The van der Waals surface area contributed by atoms with E-state index >= 15 is 0 Å². The number of hydrogen-bond acceptors (Lipinski definition) is 2. The minimum Gasteiger partial charge on any atom is -0.397 e. The van der Waals surface area contributed by atoms with E-state index in [1.165, 1.54) is 12.8 Å². The normalized spacial score (nSPS) is 12.8. The Kier molecular flexibility index (Phi) is 4.66. The summed E-state index contributed by atoms with van der Waals surface area (Å²) < 4.78 is 0. The van der Waals surface area contributed by atoms with Gasteiger partial charge in [0.2, 0.25) is 0 Å². The van der Waals surface area contributed by atoms with Crippen LogP contribution in [0.1, 0.15) is 39.2 Å². The third-order valence-electron chi connectivity index (χ3n) is 2.90. The maximum Gasteiger partial charge on any atom is 0.0579 e. The van der Waals surface area contributed by atoms with Gasteiger partial charge in [0.25, 0.3) is 0 Å². The highest BCUT2D eigenvalue weighted by atomic mass is 14.9. The molecule has 0 bridgehead atoms. The number of benzene rings is 1. The zero-order valence-corrected chi connectivity index (χ0v) is 10.9. The van der Waals surface area contributed by atoms with Gasteiger partial charge in [-0.3, -0.25) is 0 Å². The van der Waals surface area contributed by atoms with Crippen LogP contribution in [0, 0.1) is 12.8 Å². The largest absolute Gasteiger partial charge is 0.397 e. The molecule has 0 amide bonds. The van der Waals surface area contributed by atoms with E-state index in [1.54, 1.807) is 0 Å². The lowest BCUT2D eigenvalue weighted by Crippen LogP contribution is -2.17. The molecule has 0 aliphatic heterocycles. The molecule has 3 N–H and O–H groups in total. The van der Waals surface area contributed by atoms with Crippen molar-refractivity contribution >= 4 is 11.4 Å². The fourth-order valence-corrected chi connectivity index (χ4v) is 1.73. The zero-order valence-electron chi connectivity index (χ0n) is 10.9. The molecule has 0 aliphatic rings. The molecule has 0 fully saturated rings. The Bertz CT molecular complexity index is 332. The summed E-state index contributed by atoms with van der Waals surface area (Å²) in [6, 6.07) is 6.61. The molecule has 0 radical (unpaired) electrons. The molecule has 1 rings (SSSR count). The molecule has 0 spiro atoms. The van der Waals surface area contributed by atoms with Gasteiger partial charge in [-0.1, -0.05) is 26.0 Å². The first-order valence-corrected chi connectivity index (χ1v) is 6.12. The molecule has 0 aromatic heterocycles. The maximum absolute atomic E-state index is 6.02. The van der Waals surface area contributed by atoms with E-state index in [4.69, 9.17) is 5.73 Å². The van der Waals surface area contributed by atoms with Gasteiger partial charge in [0, 0.05) is 6.04 Å². The molecule has 1 unspecified atom stereocenters. The van der Waals surface area contributed by atoms with E-state index < -0.39 is 0 Å². The maximum atomic E-state index is 6.02. The summed E-state index contributed by atoms with van der Waals surface area (Å²) >= 11 is 0. The molecular formula is C14H24N2. The quantitative estimate of drug-likeness (QED) is 0.740. The Morgan fingerprint density at radius 2 is 1.88 bits per heavy atom. The van der Waals surface area contributed by atoms with Crippen LogP contribution >= 0.6 is 0 Å². The van der Waals surface area contributed by atoms with Crippen molar-refractivity contribution in [2.45, 2.75) is 46.6 Å². The van der Waals surface area contributed by atoms with Crippen LogP contribution in [0.25, 0.3) is 0 Å². The zero-order chi connectivity index (χ0) is 12.1. The van der Waals surface area contributed by atoms with Crippen LogP contribution in [0.5, 0.6) is 0 Å². The topological polar surface area (TPSA) is 38.0 Å². The summed E-state index contributed by atoms with van der Waals surface area (Å²) in [5, 5.41) is 3.48. The number of aryl methyl sites for hydroxylation is 1. The fourth-order valence-electron chi connectivity index (χ4n) is 1.73. The summed E-state index contributed by atoms with van der Waals surface area (Å²) in [6.45, 7) is 8.77. The third-order valence-corrected chi connectivity index (χ3v) is 2.90. The van der Waals surface area contributed by atoms with Crippen LogP contribution < -0.4 is 11.1 Å². The van der Waals surface area contributed by atoms with Gasteiger partial charge in [0.1, 0.15) is 0 Å². The number of anilines is 2. The highest BCUT2D eigenvalue weighted by Gasteiger charge is 2.06. The van der Waals surface area contributed by atoms with Crippen LogP contribution in [0.15, 0.2) is 18.2 Å². The van der Waals surface area contributed by atoms with Gasteiger partial charge >= 0.3 is 0 Å². The Hall–Kier alpha value is -1.18. The SMILES string of the molecule is Cc1cccc(NC(C)CCC(C)C)c1N. The Balaban J connectivity index is 2.56. The third kappa shape index (κ3) is 3.76. The first kappa shape index (κ1) is 12.9. The second-order valence-electron chi connectivity index (χ2n) is 5.05. The highest BCUT2D eigenvalue weighted by molar-refractivity contribution is 5.69. The van der Waals surface area contributed by atoms with Gasteiger partial charge < -0.3 is 11.1 Å². The van der Waals surface area contributed by atoms with Gasteiger partial charge in [-0.05, 0) is 44.2 Å². The molecule has 0 heterocycles. The molecule has 2 nitrogen and oxygen atoms in total. The van der Waals surface area contributed by atoms with E-state index in [1.807, 2.05) is 25.1 Å². The van der Waals surface area contributed by atoms with Crippen molar-refractivity contribution in [3.8, 4) is 0 Å². The van der Waals surface area contributed by atoms with Gasteiger partial charge in [0.15, 0.2) is 0 Å². The van der Waals surface area contributed by atoms with Crippen LogP contribution in [0.3, 0.4) is 0 Å². The smallest absolute Gasteiger partial charge is 0.0579 e. The van der Waals surface area contributed by atoms with Crippen LogP contribution in [0.4, 0.5) is 11.4 Å². The van der Waals surface area contributed by atoms with Crippen molar-refractivity contribution in [3.05, 3.63) is 23.8 Å². The predicted octanol–water partition coefficient (Wildman–Crippen LogP) is 3.81. The van der Waals surface area contributed by atoms with E-state index in [9.17, 15) is 0 Å². The second kappa shape index (κ2) is 5.78. The number of nitrogens with one attached hydrogen (secondary N) is 1. The molecule has 2 heteroatoms. The number of rotatable bonds is 5. The van der Waals surface area contributed by atoms with Crippen molar-refractivity contribution < 1.29 is 0 Å². The summed E-state index contributed by atoms with van der Waals surface area (Å²) in [4.78, 5) is 0. The van der Waals surface area contributed by atoms with Gasteiger partial charge in [0.05, 0.1) is 11.4 Å². The molecule has 1 aromatic carbocycles. The molecule has 0 aliphatic carbocycles. The number of para-hydroxylation sites is 1. The van der Waals surface area contributed by atoms with E-state index in [0.29, 0.717) is 6.04 Å². The first-order chi connectivity index (χ1) is 7.50. The molecule has 0 saturated carbocycles. The average Bonchev–Trinajstić information content (AvgIpc) is 2.22. The van der Waals surface area contributed by atoms with E-state index in [0.717, 1.165) is 22.9 Å². The van der Waals surface area contributed by atoms with Gasteiger partial charge in [-0.25, -0.2) is 0 Å². The van der Waals surface area contributed by atoms with Gasteiger partial charge in [-0.2, -0.15) is 0 Å². The lowest BCUT2D eigenvalue weighted by atomic mass is 10.0. The van der Waals surface area contributed by atoms with Crippen molar-refractivity contribution in [3.63, 3.8) is 0 Å². The summed E-state index contributed by atoms with van der Waals surface area (Å²) in [7, 11) is 0. The van der Waals surface area contributed by atoms with Crippen LogP contribution in [-0.2, 0) is 0 Å². The van der Waals surface area contributed by atoms with Crippen molar-refractivity contribution in [1.29, 1.82) is 0 Å². The Labute approximate surface area is 99.2 Å². The average molecular weight is 220 g/mol. The number of hydrogen-bond donors (Lipinski definition) is 2. The molecule has 1 atom stereocenters. The molecule has 1 aromatic rings. The second-order valence-corrected chi connectivity index (χ2v) is 5.05. The molecule has 0 saturated heterocycles. The molecule has 16 heavy (non-hydrogen) atoms. The first-order valence-electron chi connectivity index (χ1n) is 6.12. The molecule has 90 valence electrons. The van der Waals surface area contributed by atoms with Crippen molar-refractivity contribution in [2.75, 3.05) is 11.1 Å². The fraction of sp³-hybridized carbons (Fsp3) is 0.571. The predicted molar refractivity (Wildman–Crippen MR) is 72.7 cm³/mol. The summed E-state index contributed by atoms with van der Waals surface area (Å²) in [5.41, 5.74) is 9.10. The van der Waals surface area contributed by atoms with E-state index in [-0.39, 0.29) is 0 Å². The van der Waals surface area contributed by atoms with Crippen LogP contribution in [0.2, 0.25) is 0 Å².